The van der Waals surface area contributed by atoms with Crippen LogP contribution in [-0.2, 0) is 0 Å². The molecule has 0 aromatic carbocycles. The third-order valence-electron chi connectivity index (χ3n) is 1.11. The first kappa shape index (κ1) is 5.29. The second kappa shape index (κ2) is 1.95. The Balaban J connectivity index is 2.68. The fraction of sp³-hybridized carbons (Fsp3) is 0.286. The summed E-state index contributed by atoms with van der Waals surface area (Å²) in [5, 5.41) is 0. The van der Waals surface area contributed by atoms with Crippen LogP contribution in [-0.4, -0.2) is 6.21 Å². The van der Waals surface area contributed by atoms with E-state index in [9.17, 15) is 0 Å². The van der Waals surface area contributed by atoms with Crippen molar-refractivity contribution in [3.05, 3.63) is 24.4 Å². The van der Waals surface area contributed by atoms with Gasteiger partial charge in [-0.25, -0.2) is 0 Å². The van der Waals surface area contributed by atoms with E-state index in [-0.39, 0.29) is 0 Å². The molecule has 1 aliphatic heterocycles. The van der Waals surface area contributed by atoms with E-state index >= 15 is 0 Å². The van der Waals surface area contributed by atoms with Crippen LogP contribution in [0.5, 0.6) is 0 Å². The molecule has 0 unspecified atom stereocenters. The predicted molar refractivity (Wildman–Crippen MR) is 36.0 cm³/mol. The van der Waals surface area contributed by atoms with Crippen LogP contribution in [0.4, 0.5) is 0 Å². The number of allylic oxidation sites excluding steroid dienone is 1. The highest BCUT2D eigenvalue weighted by Gasteiger charge is 1.99. The van der Waals surface area contributed by atoms with Crippen LogP contribution in [0.2, 0.25) is 0 Å². The molecule has 1 heteroatoms. The van der Waals surface area contributed by atoms with Gasteiger partial charge >= 0.3 is 0 Å². The fourth-order valence-electron chi connectivity index (χ4n) is 0.710. The molecule has 0 aromatic rings. The minimum Gasteiger partial charge on any atom is -0.266 e. The van der Waals surface area contributed by atoms with Crippen LogP contribution in [0.3, 0.4) is 0 Å². The second-order valence-electron chi connectivity index (χ2n) is 2.01. The highest BCUT2D eigenvalue weighted by atomic mass is 14.7. The summed E-state index contributed by atoms with van der Waals surface area (Å²) in [5.74, 6) is 0. The predicted octanol–water partition coefficient (Wildman–Crippen LogP) is 1.92. The molecule has 0 amide bonds. The summed E-state index contributed by atoms with van der Waals surface area (Å²) in [6.45, 7) is 7.52. The van der Waals surface area contributed by atoms with Crippen LogP contribution in [0.15, 0.2) is 29.4 Å². The zero-order valence-electron chi connectivity index (χ0n) is 4.85. The third kappa shape index (κ3) is 1.06. The molecule has 1 heterocycles. The summed E-state index contributed by atoms with van der Waals surface area (Å²) in [7, 11) is 0. The molecule has 8 heavy (non-hydrogen) atoms. The average molecular weight is 107 g/mol. The van der Waals surface area contributed by atoms with Gasteiger partial charge in [0.1, 0.15) is 0 Å². The normalized spacial score (nSPS) is 19.5. The Kier molecular flexibility index (Phi) is 1.29. The Hall–Kier alpha value is -0.850. The summed E-state index contributed by atoms with van der Waals surface area (Å²) in [5.41, 5.74) is 2.14. The molecule has 1 aliphatic rings. The largest absolute Gasteiger partial charge is 0.266 e. The van der Waals surface area contributed by atoms with Gasteiger partial charge in [-0.2, -0.15) is 0 Å². The van der Waals surface area contributed by atoms with Crippen molar-refractivity contribution in [2.75, 3.05) is 0 Å². The summed E-state index contributed by atoms with van der Waals surface area (Å²) in [4.78, 5) is 4.00. The molecule has 0 radical (unpaired) electrons. The lowest BCUT2D eigenvalue weighted by atomic mass is 10.1. The molecule has 1 rings (SSSR count). The number of rotatable bonds is 0. The van der Waals surface area contributed by atoms with E-state index in [0.717, 1.165) is 18.5 Å². The molecule has 0 N–H and O–H groups in total. The first-order chi connectivity index (χ1) is 3.79. The van der Waals surface area contributed by atoms with Gasteiger partial charge in [-0.05, 0) is 0 Å². The van der Waals surface area contributed by atoms with Crippen LogP contribution in [0.25, 0.3) is 0 Å². The molecule has 0 aromatic heterocycles. The first-order valence-electron chi connectivity index (χ1n) is 2.66. The Morgan fingerprint density at radius 1 is 1.50 bits per heavy atom. The van der Waals surface area contributed by atoms with Gasteiger partial charge in [0.15, 0.2) is 0 Å². The number of hydrogen-bond donors (Lipinski definition) is 0. The topological polar surface area (TPSA) is 12.4 Å². The molecule has 0 saturated carbocycles. The van der Waals surface area contributed by atoms with Crippen molar-refractivity contribution in [3.8, 4) is 0 Å². The van der Waals surface area contributed by atoms with E-state index in [1.54, 1.807) is 0 Å². The quantitative estimate of drug-likeness (QED) is 0.419. The van der Waals surface area contributed by atoms with Gasteiger partial charge in [-0.15, -0.1) is 0 Å². The lowest BCUT2D eigenvalue weighted by Gasteiger charge is -2.06. The van der Waals surface area contributed by atoms with E-state index in [1.165, 1.54) is 5.57 Å². The van der Waals surface area contributed by atoms with Gasteiger partial charge in [0.05, 0.1) is 0 Å². The average Bonchev–Trinajstić information content (AvgIpc) is 1.64. The molecule has 1 nitrogen and oxygen atoms in total. The van der Waals surface area contributed by atoms with Crippen LogP contribution >= 0.6 is 0 Å². The molecule has 42 valence electrons. The SMILES string of the molecule is C=C1CC=NC(=C)C1. The van der Waals surface area contributed by atoms with E-state index in [0.29, 0.717) is 0 Å². The maximum atomic E-state index is 4.00. The molecular formula is C7H9N. The monoisotopic (exact) mass is 107 g/mol. The minimum absolute atomic E-state index is 0.885. The molecule has 0 atom stereocenters. The zero-order valence-corrected chi connectivity index (χ0v) is 4.85. The Morgan fingerprint density at radius 3 is 2.62 bits per heavy atom. The molecule has 0 saturated heterocycles. The smallest absolute Gasteiger partial charge is 0.0368 e. The maximum Gasteiger partial charge on any atom is 0.0368 e. The van der Waals surface area contributed by atoms with Gasteiger partial charge < -0.3 is 0 Å². The van der Waals surface area contributed by atoms with Crippen molar-refractivity contribution < 1.29 is 0 Å². The highest BCUT2D eigenvalue weighted by Crippen LogP contribution is 2.14. The number of nitrogens with zero attached hydrogens (tertiary/aromatic N) is 1. The number of aliphatic imine (C=N–C) groups is 1. The highest BCUT2D eigenvalue weighted by molar-refractivity contribution is 5.64. The van der Waals surface area contributed by atoms with Gasteiger partial charge in [-0.3, -0.25) is 4.99 Å². The lowest BCUT2D eigenvalue weighted by Crippen LogP contribution is -1.91. The van der Waals surface area contributed by atoms with E-state index in [4.69, 9.17) is 0 Å². The lowest BCUT2D eigenvalue weighted by molar-refractivity contribution is 1.03. The van der Waals surface area contributed by atoms with Gasteiger partial charge in [-0.1, -0.05) is 18.7 Å². The molecule has 0 spiro atoms. The molecule has 0 fully saturated rings. The summed E-state index contributed by atoms with van der Waals surface area (Å²) in [6, 6.07) is 0. The van der Waals surface area contributed by atoms with Crippen molar-refractivity contribution >= 4 is 6.21 Å². The first-order valence-corrected chi connectivity index (χ1v) is 2.66. The third-order valence-corrected chi connectivity index (χ3v) is 1.11. The van der Waals surface area contributed by atoms with Crippen molar-refractivity contribution in [2.45, 2.75) is 12.8 Å². The maximum absolute atomic E-state index is 4.00. The zero-order chi connectivity index (χ0) is 5.98. The Labute approximate surface area is 49.4 Å². The minimum atomic E-state index is 0.885. The summed E-state index contributed by atoms with van der Waals surface area (Å²) < 4.78 is 0. The van der Waals surface area contributed by atoms with Gasteiger partial charge in [0.25, 0.3) is 0 Å². The van der Waals surface area contributed by atoms with Crippen molar-refractivity contribution in [2.24, 2.45) is 4.99 Å². The summed E-state index contributed by atoms with van der Waals surface area (Å²) in [6.07, 6.45) is 3.67. The van der Waals surface area contributed by atoms with Crippen molar-refractivity contribution in [1.29, 1.82) is 0 Å². The Bertz CT molecular complexity index is 154. The van der Waals surface area contributed by atoms with E-state index in [1.807, 2.05) is 6.21 Å². The van der Waals surface area contributed by atoms with Crippen LogP contribution in [0, 0.1) is 0 Å². The van der Waals surface area contributed by atoms with E-state index < -0.39 is 0 Å². The Morgan fingerprint density at radius 2 is 2.25 bits per heavy atom. The second-order valence-corrected chi connectivity index (χ2v) is 2.01. The van der Waals surface area contributed by atoms with Gasteiger partial charge in [0.2, 0.25) is 0 Å². The van der Waals surface area contributed by atoms with Crippen molar-refractivity contribution in [1.82, 2.24) is 0 Å². The summed E-state index contributed by atoms with van der Waals surface area (Å²) >= 11 is 0. The van der Waals surface area contributed by atoms with E-state index in [2.05, 4.69) is 18.2 Å². The molecule has 0 aliphatic carbocycles. The van der Waals surface area contributed by atoms with Crippen LogP contribution < -0.4 is 0 Å². The van der Waals surface area contributed by atoms with Crippen LogP contribution in [0.1, 0.15) is 12.8 Å². The molecular weight excluding hydrogens is 98.1 g/mol. The molecule has 0 bridgehead atoms. The number of hydrogen-bond acceptors (Lipinski definition) is 1. The fourth-order valence-corrected chi connectivity index (χ4v) is 0.710. The van der Waals surface area contributed by atoms with Gasteiger partial charge in [0, 0.05) is 24.8 Å². The standard InChI is InChI=1S/C7H9N/c1-6-3-4-8-7(2)5-6/h4H,1-3,5H2. The van der Waals surface area contributed by atoms with Crippen molar-refractivity contribution in [3.63, 3.8) is 0 Å².